The van der Waals surface area contributed by atoms with Crippen molar-refractivity contribution in [3.8, 4) is 0 Å². The van der Waals surface area contributed by atoms with Crippen molar-refractivity contribution in [2.24, 2.45) is 5.73 Å². The van der Waals surface area contributed by atoms with Crippen LogP contribution in [0.5, 0.6) is 0 Å². The van der Waals surface area contributed by atoms with Gasteiger partial charge in [-0.15, -0.1) is 0 Å². The number of nitrogens with two attached hydrogens (primary N) is 1. The monoisotopic (exact) mass is 263 g/mol. The number of aromatic nitrogens is 1. The summed E-state index contributed by atoms with van der Waals surface area (Å²) in [4.78, 5) is 29.9. The largest absolute Gasteiger partial charge is 0.368 e. The van der Waals surface area contributed by atoms with Gasteiger partial charge in [0.05, 0.1) is 0 Å². The molecule has 0 aliphatic rings. The SMILES string of the molecule is NC(=O)CONC(=O)c1cc(Cl)nc(Cl)c1. The van der Waals surface area contributed by atoms with Gasteiger partial charge in [-0.2, -0.15) is 0 Å². The number of nitrogens with one attached hydrogen (secondary N) is 1. The maximum Gasteiger partial charge on any atom is 0.275 e. The van der Waals surface area contributed by atoms with Crippen molar-refractivity contribution in [2.45, 2.75) is 0 Å². The molecule has 0 saturated carbocycles. The van der Waals surface area contributed by atoms with E-state index in [1.807, 2.05) is 5.48 Å². The second-order valence-corrected chi connectivity index (χ2v) is 3.46. The molecule has 86 valence electrons. The van der Waals surface area contributed by atoms with E-state index in [1.165, 1.54) is 12.1 Å². The summed E-state index contributed by atoms with van der Waals surface area (Å²) in [5.74, 6) is -1.31. The molecule has 0 spiro atoms. The van der Waals surface area contributed by atoms with Crippen LogP contribution in [0, 0.1) is 0 Å². The number of carbonyl (C=O) groups excluding carboxylic acids is 2. The van der Waals surface area contributed by atoms with E-state index in [2.05, 4.69) is 9.82 Å². The first-order chi connectivity index (χ1) is 7.49. The number of amides is 2. The number of halogens is 2. The zero-order valence-corrected chi connectivity index (χ0v) is 9.38. The average molecular weight is 264 g/mol. The lowest BCUT2D eigenvalue weighted by molar-refractivity contribution is -0.124. The van der Waals surface area contributed by atoms with Gasteiger partial charge in [0, 0.05) is 5.56 Å². The fraction of sp³-hybridized carbons (Fsp3) is 0.125. The fourth-order valence-corrected chi connectivity index (χ4v) is 1.29. The van der Waals surface area contributed by atoms with Crippen molar-refractivity contribution in [2.75, 3.05) is 6.61 Å². The predicted molar refractivity (Wildman–Crippen MR) is 56.9 cm³/mol. The Morgan fingerprint density at radius 3 is 2.44 bits per heavy atom. The molecular weight excluding hydrogens is 257 g/mol. The number of hydroxylamine groups is 1. The number of carbonyl (C=O) groups is 2. The highest BCUT2D eigenvalue weighted by atomic mass is 35.5. The Morgan fingerprint density at radius 1 is 1.38 bits per heavy atom. The van der Waals surface area contributed by atoms with Crippen LogP contribution in [0.1, 0.15) is 10.4 Å². The van der Waals surface area contributed by atoms with Crippen LogP contribution in [-0.2, 0) is 9.63 Å². The molecule has 1 rings (SSSR count). The molecule has 0 saturated heterocycles. The maximum atomic E-state index is 11.4. The first-order valence-electron chi connectivity index (χ1n) is 4.02. The smallest absolute Gasteiger partial charge is 0.275 e. The predicted octanol–water partition coefficient (Wildman–Crippen LogP) is 0.535. The highest BCUT2D eigenvalue weighted by Gasteiger charge is 2.09. The van der Waals surface area contributed by atoms with Crippen molar-refractivity contribution < 1.29 is 14.4 Å². The van der Waals surface area contributed by atoms with Gasteiger partial charge in [0.1, 0.15) is 10.3 Å². The van der Waals surface area contributed by atoms with Crippen LogP contribution in [0.4, 0.5) is 0 Å². The Morgan fingerprint density at radius 2 is 1.94 bits per heavy atom. The number of rotatable bonds is 4. The number of nitrogens with zero attached hydrogens (tertiary/aromatic N) is 1. The maximum absolute atomic E-state index is 11.4. The summed E-state index contributed by atoms with van der Waals surface area (Å²) in [6.45, 7) is -0.418. The van der Waals surface area contributed by atoms with Crippen molar-refractivity contribution in [1.29, 1.82) is 0 Å². The minimum absolute atomic E-state index is 0.0764. The van der Waals surface area contributed by atoms with Gasteiger partial charge in [-0.25, -0.2) is 10.5 Å². The van der Waals surface area contributed by atoms with E-state index < -0.39 is 18.4 Å². The van der Waals surface area contributed by atoms with Crippen molar-refractivity contribution >= 4 is 35.0 Å². The van der Waals surface area contributed by atoms with Crippen LogP contribution in [0.15, 0.2) is 12.1 Å². The second-order valence-electron chi connectivity index (χ2n) is 2.69. The molecular formula is C8H7Cl2N3O3. The van der Waals surface area contributed by atoms with Gasteiger partial charge in [-0.05, 0) is 12.1 Å². The van der Waals surface area contributed by atoms with Crippen LogP contribution < -0.4 is 11.2 Å². The zero-order valence-electron chi connectivity index (χ0n) is 7.87. The van der Waals surface area contributed by atoms with Crippen molar-refractivity contribution in [3.63, 3.8) is 0 Å². The number of hydrogen-bond acceptors (Lipinski definition) is 4. The van der Waals surface area contributed by atoms with Crippen LogP contribution >= 0.6 is 23.2 Å². The molecule has 2 amide bonds. The van der Waals surface area contributed by atoms with Crippen molar-refractivity contribution in [1.82, 2.24) is 10.5 Å². The van der Waals surface area contributed by atoms with Gasteiger partial charge < -0.3 is 5.73 Å². The molecule has 0 radical (unpaired) electrons. The standard InChI is InChI=1S/C8H7Cl2N3O3/c9-5-1-4(2-6(10)12-5)8(15)13-16-3-7(11)14/h1-2H,3H2,(H2,11,14)(H,13,15). The van der Waals surface area contributed by atoms with E-state index in [0.717, 1.165) is 0 Å². The van der Waals surface area contributed by atoms with E-state index in [4.69, 9.17) is 28.9 Å². The summed E-state index contributed by atoms with van der Waals surface area (Å²) in [6, 6.07) is 2.60. The molecule has 8 heteroatoms. The molecule has 0 aliphatic heterocycles. The Balaban J connectivity index is 2.62. The molecule has 0 atom stereocenters. The van der Waals surface area contributed by atoms with Gasteiger partial charge in [-0.3, -0.25) is 14.4 Å². The quantitative estimate of drug-likeness (QED) is 0.612. The molecule has 0 unspecified atom stereocenters. The third-order valence-electron chi connectivity index (χ3n) is 1.40. The van der Waals surface area contributed by atoms with Gasteiger partial charge in [0.15, 0.2) is 6.61 Å². The van der Waals surface area contributed by atoms with E-state index in [1.54, 1.807) is 0 Å². The Labute approximate surface area is 101 Å². The molecule has 0 bridgehead atoms. The molecule has 1 heterocycles. The van der Waals surface area contributed by atoms with Crippen LogP contribution in [0.3, 0.4) is 0 Å². The van der Waals surface area contributed by atoms with Crippen molar-refractivity contribution in [3.05, 3.63) is 28.0 Å². The minimum Gasteiger partial charge on any atom is -0.368 e. The summed E-state index contributed by atoms with van der Waals surface area (Å²) >= 11 is 11.2. The second kappa shape index (κ2) is 5.64. The average Bonchev–Trinajstić information content (AvgIpc) is 2.15. The normalized spacial score (nSPS) is 9.88. The topological polar surface area (TPSA) is 94.3 Å². The molecule has 0 aromatic carbocycles. The molecule has 3 N–H and O–H groups in total. The first kappa shape index (κ1) is 12.7. The van der Waals surface area contributed by atoms with Gasteiger partial charge in [0.25, 0.3) is 5.91 Å². The lowest BCUT2D eigenvalue weighted by Crippen LogP contribution is -2.29. The molecule has 6 nitrogen and oxygen atoms in total. The minimum atomic E-state index is -0.703. The molecule has 0 fully saturated rings. The van der Waals surface area contributed by atoms with Gasteiger partial charge in [-0.1, -0.05) is 23.2 Å². The van der Waals surface area contributed by atoms with Gasteiger partial charge in [0.2, 0.25) is 5.91 Å². The highest BCUT2D eigenvalue weighted by molar-refractivity contribution is 6.33. The van der Waals surface area contributed by atoms with E-state index >= 15 is 0 Å². The summed E-state index contributed by atoms with van der Waals surface area (Å²) in [5, 5.41) is 0.153. The first-order valence-corrected chi connectivity index (χ1v) is 4.78. The van der Waals surface area contributed by atoms with Crippen LogP contribution in [0.25, 0.3) is 0 Å². The van der Waals surface area contributed by atoms with E-state index in [-0.39, 0.29) is 15.9 Å². The molecule has 16 heavy (non-hydrogen) atoms. The lowest BCUT2D eigenvalue weighted by Gasteiger charge is -2.04. The Hall–Kier alpha value is -1.37. The lowest BCUT2D eigenvalue weighted by atomic mass is 10.2. The summed E-state index contributed by atoms with van der Waals surface area (Å²) < 4.78 is 0. The van der Waals surface area contributed by atoms with E-state index in [0.29, 0.717) is 0 Å². The Bertz CT molecular complexity index is 405. The summed E-state index contributed by atoms with van der Waals surface area (Å²) in [6.07, 6.45) is 0. The molecule has 0 aliphatic carbocycles. The zero-order chi connectivity index (χ0) is 12.1. The van der Waals surface area contributed by atoms with Crippen LogP contribution in [-0.4, -0.2) is 23.4 Å². The third-order valence-corrected chi connectivity index (χ3v) is 1.79. The van der Waals surface area contributed by atoms with E-state index in [9.17, 15) is 9.59 Å². The van der Waals surface area contributed by atoms with Crippen LogP contribution in [0.2, 0.25) is 10.3 Å². The third kappa shape index (κ3) is 4.01. The molecule has 1 aromatic heterocycles. The number of pyridine rings is 1. The van der Waals surface area contributed by atoms with Gasteiger partial charge >= 0.3 is 0 Å². The fourth-order valence-electron chi connectivity index (χ4n) is 0.828. The Kier molecular flexibility index (Phi) is 4.48. The summed E-state index contributed by atoms with van der Waals surface area (Å²) in [5.41, 5.74) is 6.96. The number of hydrogen-bond donors (Lipinski definition) is 2. The number of primary amides is 1. The molecule has 1 aromatic rings. The highest BCUT2D eigenvalue weighted by Crippen LogP contribution is 2.14. The summed E-state index contributed by atoms with van der Waals surface area (Å²) in [7, 11) is 0.